The van der Waals surface area contributed by atoms with Gasteiger partial charge in [-0.15, -0.1) is 0 Å². The van der Waals surface area contributed by atoms with Crippen LogP contribution in [0.3, 0.4) is 0 Å². The van der Waals surface area contributed by atoms with Crippen LogP contribution in [-0.4, -0.2) is 19.2 Å². The van der Waals surface area contributed by atoms with E-state index < -0.39 is 0 Å². The molecule has 1 aromatic rings. The Morgan fingerprint density at radius 2 is 2.28 bits per heavy atom. The van der Waals surface area contributed by atoms with Crippen molar-refractivity contribution in [1.29, 1.82) is 0 Å². The summed E-state index contributed by atoms with van der Waals surface area (Å²) < 4.78 is 18.3. The number of rotatable bonds is 5. The summed E-state index contributed by atoms with van der Waals surface area (Å²) in [5, 5.41) is 5.44. The van der Waals surface area contributed by atoms with Gasteiger partial charge in [0.15, 0.2) is 0 Å². The number of halogens is 1. The average molecular weight is 252 g/mol. The third-order valence-electron chi connectivity index (χ3n) is 2.74. The summed E-state index contributed by atoms with van der Waals surface area (Å²) >= 11 is 0. The van der Waals surface area contributed by atoms with Crippen LogP contribution in [0.2, 0.25) is 0 Å². The third kappa shape index (κ3) is 3.61. The van der Waals surface area contributed by atoms with E-state index >= 15 is 0 Å². The molecule has 1 aliphatic rings. The first-order valence-corrected chi connectivity index (χ1v) is 6.16. The van der Waals surface area contributed by atoms with Gasteiger partial charge in [0.1, 0.15) is 11.6 Å². The third-order valence-corrected chi connectivity index (χ3v) is 2.74. The molecule has 1 fully saturated rings. The van der Waals surface area contributed by atoms with Gasteiger partial charge in [-0.05, 0) is 37.8 Å². The molecule has 4 nitrogen and oxygen atoms in total. The van der Waals surface area contributed by atoms with Crippen molar-refractivity contribution >= 4 is 11.7 Å². The Bertz CT molecular complexity index is 433. The fourth-order valence-corrected chi connectivity index (χ4v) is 1.60. The molecule has 0 saturated heterocycles. The Balaban J connectivity index is 1.95. The normalized spacial score (nSPS) is 14.1. The maximum Gasteiger partial charge on any atom is 0.319 e. The first-order valence-electron chi connectivity index (χ1n) is 6.16. The smallest absolute Gasteiger partial charge is 0.319 e. The molecule has 1 saturated carbocycles. The summed E-state index contributed by atoms with van der Waals surface area (Å²) in [6, 6.07) is 3.77. The minimum Gasteiger partial charge on any atom is -0.492 e. The van der Waals surface area contributed by atoms with Crippen molar-refractivity contribution in [2.45, 2.75) is 19.8 Å². The second-order valence-corrected chi connectivity index (χ2v) is 4.35. The lowest BCUT2D eigenvalue weighted by atomic mass is 10.3. The molecule has 1 aliphatic carbocycles. The first kappa shape index (κ1) is 12.7. The van der Waals surface area contributed by atoms with Crippen molar-refractivity contribution in [3.8, 4) is 5.75 Å². The number of nitrogens with one attached hydrogen (secondary N) is 2. The zero-order chi connectivity index (χ0) is 13.0. The number of anilines is 1. The lowest BCUT2D eigenvalue weighted by Crippen LogP contribution is -2.30. The molecule has 0 bridgehead atoms. The van der Waals surface area contributed by atoms with E-state index in [1.165, 1.54) is 31.0 Å². The number of urea groups is 1. The molecular weight excluding hydrogens is 235 g/mol. The zero-order valence-corrected chi connectivity index (χ0v) is 10.3. The quantitative estimate of drug-likeness (QED) is 0.846. The number of benzene rings is 1. The molecule has 18 heavy (non-hydrogen) atoms. The van der Waals surface area contributed by atoms with Crippen molar-refractivity contribution in [2.24, 2.45) is 5.92 Å². The SMILES string of the molecule is CCOc1cc(F)ccc1NC(=O)NCC1CC1. The van der Waals surface area contributed by atoms with Gasteiger partial charge in [0.05, 0.1) is 12.3 Å². The highest BCUT2D eigenvalue weighted by Gasteiger charge is 2.21. The summed E-state index contributed by atoms with van der Waals surface area (Å²) in [5.41, 5.74) is 0.478. The Morgan fingerprint density at radius 3 is 2.94 bits per heavy atom. The minimum atomic E-state index is -0.387. The monoisotopic (exact) mass is 252 g/mol. The van der Waals surface area contributed by atoms with Crippen LogP contribution in [0.5, 0.6) is 5.75 Å². The molecule has 0 atom stereocenters. The van der Waals surface area contributed by atoms with Gasteiger partial charge in [-0.2, -0.15) is 0 Å². The Kier molecular flexibility index (Phi) is 4.02. The molecule has 2 amide bonds. The van der Waals surface area contributed by atoms with Gasteiger partial charge >= 0.3 is 6.03 Å². The van der Waals surface area contributed by atoms with Gasteiger partial charge < -0.3 is 15.4 Å². The number of carbonyl (C=O) groups excluding carboxylic acids is 1. The van der Waals surface area contributed by atoms with Crippen molar-refractivity contribution in [1.82, 2.24) is 5.32 Å². The average Bonchev–Trinajstić information content (AvgIpc) is 3.14. The summed E-state index contributed by atoms with van der Waals surface area (Å²) in [4.78, 5) is 11.6. The van der Waals surface area contributed by atoms with Crippen molar-refractivity contribution < 1.29 is 13.9 Å². The maximum absolute atomic E-state index is 13.1. The van der Waals surface area contributed by atoms with Gasteiger partial charge in [0.25, 0.3) is 0 Å². The molecule has 0 aliphatic heterocycles. The molecular formula is C13H17FN2O2. The van der Waals surface area contributed by atoms with E-state index in [2.05, 4.69) is 10.6 Å². The van der Waals surface area contributed by atoms with Gasteiger partial charge in [-0.25, -0.2) is 9.18 Å². The van der Waals surface area contributed by atoms with Crippen LogP contribution in [0, 0.1) is 11.7 Å². The van der Waals surface area contributed by atoms with Crippen molar-refractivity contribution in [3.05, 3.63) is 24.0 Å². The van der Waals surface area contributed by atoms with E-state index in [9.17, 15) is 9.18 Å². The van der Waals surface area contributed by atoms with Crippen LogP contribution in [-0.2, 0) is 0 Å². The molecule has 0 aromatic heterocycles. The van der Waals surface area contributed by atoms with Crippen LogP contribution < -0.4 is 15.4 Å². The maximum atomic E-state index is 13.1. The second kappa shape index (κ2) is 5.71. The van der Waals surface area contributed by atoms with E-state index in [1.54, 1.807) is 0 Å². The fourth-order valence-electron chi connectivity index (χ4n) is 1.60. The van der Waals surface area contributed by atoms with E-state index in [0.717, 1.165) is 0 Å². The number of ether oxygens (including phenoxy) is 1. The highest BCUT2D eigenvalue weighted by Crippen LogP contribution is 2.28. The molecule has 0 spiro atoms. The van der Waals surface area contributed by atoms with Gasteiger partial charge in [-0.1, -0.05) is 0 Å². The number of hydrogen-bond acceptors (Lipinski definition) is 2. The topological polar surface area (TPSA) is 50.4 Å². The molecule has 2 rings (SSSR count). The van der Waals surface area contributed by atoms with Gasteiger partial charge in [0, 0.05) is 12.6 Å². The molecule has 5 heteroatoms. The molecule has 2 N–H and O–H groups in total. The van der Waals surface area contributed by atoms with Crippen molar-refractivity contribution in [2.75, 3.05) is 18.5 Å². The second-order valence-electron chi connectivity index (χ2n) is 4.35. The van der Waals surface area contributed by atoms with E-state index in [4.69, 9.17) is 4.74 Å². The summed E-state index contributed by atoms with van der Waals surface area (Å²) in [7, 11) is 0. The number of amides is 2. The highest BCUT2D eigenvalue weighted by molar-refractivity contribution is 5.90. The number of carbonyl (C=O) groups is 1. The molecule has 0 unspecified atom stereocenters. The molecule has 1 aromatic carbocycles. The Morgan fingerprint density at radius 1 is 1.50 bits per heavy atom. The summed E-state index contributed by atoms with van der Waals surface area (Å²) in [5.74, 6) is 0.580. The standard InChI is InChI=1S/C13H17FN2O2/c1-2-18-12-7-10(14)5-6-11(12)16-13(17)15-8-9-3-4-9/h5-7,9H,2-4,8H2,1H3,(H2,15,16,17). The minimum absolute atomic E-state index is 0.283. The predicted molar refractivity (Wildman–Crippen MR) is 67.3 cm³/mol. The van der Waals surface area contributed by atoms with E-state index in [0.29, 0.717) is 30.5 Å². The molecule has 98 valence electrons. The fraction of sp³-hybridized carbons (Fsp3) is 0.462. The highest BCUT2D eigenvalue weighted by atomic mass is 19.1. The van der Waals surface area contributed by atoms with Crippen LogP contribution >= 0.6 is 0 Å². The lowest BCUT2D eigenvalue weighted by molar-refractivity contribution is 0.251. The first-order chi connectivity index (χ1) is 8.69. The van der Waals surface area contributed by atoms with Crippen molar-refractivity contribution in [3.63, 3.8) is 0 Å². The largest absolute Gasteiger partial charge is 0.492 e. The Labute approximate surface area is 106 Å². The van der Waals surface area contributed by atoms with Crippen LogP contribution in [0.1, 0.15) is 19.8 Å². The molecule has 0 heterocycles. The zero-order valence-electron chi connectivity index (χ0n) is 10.3. The molecule has 0 radical (unpaired) electrons. The predicted octanol–water partition coefficient (Wildman–Crippen LogP) is 2.76. The Hall–Kier alpha value is -1.78. The summed E-state index contributed by atoms with van der Waals surface area (Å²) in [6.07, 6.45) is 2.36. The number of hydrogen-bond donors (Lipinski definition) is 2. The van der Waals surface area contributed by atoms with Crippen LogP contribution in [0.15, 0.2) is 18.2 Å². The summed E-state index contributed by atoms with van der Waals surface area (Å²) in [6.45, 7) is 2.92. The lowest BCUT2D eigenvalue weighted by Gasteiger charge is -2.12. The van der Waals surface area contributed by atoms with E-state index in [1.807, 2.05) is 6.92 Å². The van der Waals surface area contributed by atoms with E-state index in [-0.39, 0.29) is 11.8 Å². The van der Waals surface area contributed by atoms with Crippen LogP contribution in [0.4, 0.5) is 14.9 Å². The van der Waals surface area contributed by atoms with Gasteiger partial charge in [-0.3, -0.25) is 0 Å². The van der Waals surface area contributed by atoms with Gasteiger partial charge in [0.2, 0.25) is 0 Å². The van der Waals surface area contributed by atoms with Crippen LogP contribution in [0.25, 0.3) is 0 Å².